The molecule has 23 heavy (non-hydrogen) atoms. The van der Waals surface area contributed by atoms with Crippen molar-refractivity contribution in [3.05, 3.63) is 54.0 Å². The molecule has 1 aromatic carbocycles. The zero-order chi connectivity index (χ0) is 15.9. The molecule has 1 N–H and O–H groups in total. The molecule has 1 aliphatic rings. The number of nitrogens with one attached hydrogen (secondary N) is 1. The maximum absolute atomic E-state index is 5.98. The van der Waals surface area contributed by atoms with Gasteiger partial charge in [-0.25, -0.2) is 9.97 Å². The minimum Gasteiger partial charge on any atom is -0.375 e. The van der Waals surface area contributed by atoms with Crippen molar-refractivity contribution in [2.75, 3.05) is 31.6 Å². The van der Waals surface area contributed by atoms with Crippen molar-refractivity contribution in [3.63, 3.8) is 0 Å². The van der Waals surface area contributed by atoms with Gasteiger partial charge in [-0.3, -0.25) is 4.90 Å². The van der Waals surface area contributed by atoms with E-state index < -0.39 is 0 Å². The molecule has 1 aliphatic heterocycles. The number of ether oxygens (including phenoxy) is 1. The van der Waals surface area contributed by atoms with E-state index in [1.54, 1.807) is 6.20 Å². The van der Waals surface area contributed by atoms with Crippen molar-refractivity contribution in [3.8, 4) is 0 Å². The lowest BCUT2D eigenvalue weighted by atomic mass is 10.2. The second-order valence-electron chi connectivity index (χ2n) is 5.94. The number of aromatic nitrogens is 2. The molecule has 0 radical (unpaired) electrons. The molecule has 5 heteroatoms. The zero-order valence-electron chi connectivity index (χ0n) is 13.6. The molecular formula is C18H24N4O. The van der Waals surface area contributed by atoms with Gasteiger partial charge in [-0.1, -0.05) is 30.3 Å². The summed E-state index contributed by atoms with van der Waals surface area (Å²) < 4.78 is 5.98. The van der Waals surface area contributed by atoms with E-state index in [0.717, 1.165) is 50.8 Å². The summed E-state index contributed by atoms with van der Waals surface area (Å²) in [5.74, 6) is 1.64. The first-order valence-electron chi connectivity index (χ1n) is 8.21. The third kappa shape index (κ3) is 5.01. The highest BCUT2D eigenvalue weighted by Gasteiger charge is 2.18. The number of aryl methyl sites for hydroxylation is 1. The van der Waals surface area contributed by atoms with E-state index in [4.69, 9.17) is 4.74 Å². The van der Waals surface area contributed by atoms with Gasteiger partial charge >= 0.3 is 0 Å². The second-order valence-corrected chi connectivity index (χ2v) is 5.94. The van der Waals surface area contributed by atoms with Gasteiger partial charge < -0.3 is 10.1 Å². The van der Waals surface area contributed by atoms with Gasteiger partial charge in [0, 0.05) is 39.0 Å². The molecule has 1 fully saturated rings. The maximum atomic E-state index is 5.98. The van der Waals surface area contributed by atoms with Gasteiger partial charge in [0.15, 0.2) is 0 Å². The lowest BCUT2D eigenvalue weighted by Crippen LogP contribution is -2.35. The minimum atomic E-state index is 0.177. The standard InChI is InChI=1S/C18H24N4O/c1-15-19-9-8-18(21-15)20-12-17-14-22(10-5-11-23-17)13-16-6-3-2-4-7-16/h2-4,6-9,17H,5,10-14H2,1H3,(H,19,20,21). The van der Waals surface area contributed by atoms with E-state index in [1.807, 2.05) is 13.0 Å². The van der Waals surface area contributed by atoms with Gasteiger partial charge in [0.2, 0.25) is 0 Å². The summed E-state index contributed by atoms with van der Waals surface area (Å²) in [6, 6.07) is 12.5. The van der Waals surface area contributed by atoms with Crippen LogP contribution < -0.4 is 5.32 Å². The van der Waals surface area contributed by atoms with E-state index in [-0.39, 0.29) is 6.10 Å². The highest BCUT2D eigenvalue weighted by atomic mass is 16.5. The molecule has 122 valence electrons. The molecule has 2 aromatic rings. The van der Waals surface area contributed by atoms with E-state index >= 15 is 0 Å². The first-order chi connectivity index (χ1) is 11.3. The van der Waals surface area contributed by atoms with Crippen molar-refractivity contribution in [1.82, 2.24) is 14.9 Å². The molecule has 0 aliphatic carbocycles. The predicted molar refractivity (Wildman–Crippen MR) is 91.3 cm³/mol. The van der Waals surface area contributed by atoms with Gasteiger partial charge in [-0.05, 0) is 25.0 Å². The Bertz CT molecular complexity index is 605. The Hall–Kier alpha value is -1.98. The Kier molecular flexibility index (Phi) is 5.56. The van der Waals surface area contributed by atoms with Crippen LogP contribution >= 0.6 is 0 Å². The summed E-state index contributed by atoms with van der Waals surface area (Å²) >= 11 is 0. The van der Waals surface area contributed by atoms with Crippen molar-refractivity contribution in [1.29, 1.82) is 0 Å². The van der Waals surface area contributed by atoms with Crippen molar-refractivity contribution >= 4 is 5.82 Å². The summed E-state index contributed by atoms with van der Waals surface area (Å²) in [7, 11) is 0. The third-order valence-corrected chi connectivity index (χ3v) is 3.97. The van der Waals surface area contributed by atoms with Gasteiger partial charge in [0.1, 0.15) is 11.6 Å². The van der Waals surface area contributed by atoms with Crippen LogP contribution in [0, 0.1) is 6.92 Å². The van der Waals surface area contributed by atoms with Crippen LogP contribution in [0.1, 0.15) is 17.8 Å². The fourth-order valence-corrected chi connectivity index (χ4v) is 2.85. The summed E-state index contributed by atoms with van der Waals surface area (Å²) in [6.07, 6.45) is 3.03. The van der Waals surface area contributed by atoms with E-state index in [0.29, 0.717) is 0 Å². The fraction of sp³-hybridized carbons (Fsp3) is 0.444. The normalized spacial score (nSPS) is 19.3. The number of hydrogen-bond acceptors (Lipinski definition) is 5. The topological polar surface area (TPSA) is 50.3 Å². The quantitative estimate of drug-likeness (QED) is 0.919. The van der Waals surface area contributed by atoms with Crippen LogP contribution in [0.15, 0.2) is 42.6 Å². The van der Waals surface area contributed by atoms with Crippen LogP contribution in [0.3, 0.4) is 0 Å². The number of rotatable bonds is 5. The SMILES string of the molecule is Cc1nccc(NCC2CN(Cc3ccccc3)CCCO2)n1. The van der Waals surface area contributed by atoms with E-state index in [2.05, 4.69) is 50.5 Å². The summed E-state index contributed by atoms with van der Waals surface area (Å²) in [5, 5.41) is 3.36. The lowest BCUT2D eigenvalue weighted by Gasteiger charge is -2.24. The minimum absolute atomic E-state index is 0.177. The first-order valence-corrected chi connectivity index (χ1v) is 8.21. The van der Waals surface area contributed by atoms with E-state index in [1.165, 1.54) is 5.56 Å². The average Bonchev–Trinajstić information content (AvgIpc) is 2.79. The molecule has 1 unspecified atom stereocenters. The Labute approximate surface area is 137 Å². The van der Waals surface area contributed by atoms with Gasteiger partial charge in [-0.15, -0.1) is 0 Å². The number of benzene rings is 1. The summed E-state index contributed by atoms with van der Waals surface area (Å²) in [6.45, 7) is 6.48. The van der Waals surface area contributed by atoms with Gasteiger partial charge in [-0.2, -0.15) is 0 Å². The first kappa shape index (κ1) is 15.9. The van der Waals surface area contributed by atoms with Gasteiger partial charge in [0.05, 0.1) is 6.10 Å². The fourth-order valence-electron chi connectivity index (χ4n) is 2.85. The zero-order valence-corrected chi connectivity index (χ0v) is 13.6. The average molecular weight is 312 g/mol. The number of nitrogens with zero attached hydrogens (tertiary/aromatic N) is 3. The van der Waals surface area contributed by atoms with Crippen LogP contribution in [0.5, 0.6) is 0 Å². The highest BCUT2D eigenvalue weighted by molar-refractivity contribution is 5.32. The highest BCUT2D eigenvalue weighted by Crippen LogP contribution is 2.12. The Balaban J connectivity index is 1.54. The Morgan fingerprint density at radius 2 is 2.13 bits per heavy atom. The Morgan fingerprint density at radius 3 is 2.96 bits per heavy atom. The largest absolute Gasteiger partial charge is 0.375 e. The number of anilines is 1. The summed E-state index contributed by atoms with van der Waals surface area (Å²) in [5.41, 5.74) is 1.35. The van der Waals surface area contributed by atoms with Crippen LogP contribution in [0.25, 0.3) is 0 Å². The van der Waals surface area contributed by atoms with E-state index in [9.17, 15) is 0 Å². The lowest BCUT2D eigenvalue weighted by molar-refractivity contribution is 0.0624. The molecule has 0 bridgehead atoms. The molecule has 1 atom stereocenters. The molecule has 1 saturated heterocycles. The third-order valence-electron chi connectivity index (χ3n) is 3.97. The van der Waals surface area contributed by atoms with Crippen LogP contribution in [-0.4, -0.2) is 47.2 Å². The second kappa shape index (κ2) is 8.04. The van der Waals surface area contributed by atoms with Crippen LogP contribution in [0.2, 0.25) is 0 Å². The smallest absolute Gasteiger partial charge is 0.129 e. The van der Waals surface area contributed by atoms with Gasteiger partial charge in [0.25, 0.3) is 0 Å². The molecule has 5 nitrogen and oxygen atoms in total. The monoisotopic (exact) mass is 312 g/mol. The van der Waals surface area contributed by atoms with Crippen LogP contribution in [-0.2, 0) is 11.3 Å². The molecule has 2 heterocycles. The molecule has 0 spiro atoms. The molecular weight excluding hydrogens is 288 g/mol. The molecule has 1 aromatic heterocycles. The predicted octanol–water partition coefficient (Wildman–Crippen LogP) is 2.49. The molecule has 3 rings (SSSR count). The maximum Gasteiger partial charge on any atom is 0.129 e. The van der Waals surface area contributed by atoms with Crippen molar-refractivity contribution in [2.24, 2.45) is 0 Å². The van der Waals surface area contributed by atoms with Crippen LogP contribution in [0.4, 0.5) is 5.82 Å². The summed E-state index contributed by atoms with van der Waals surface area (Å²) in [4.78, 5) is 11.0. The Morgan fingerprint density at radius 1 is 1.26 bits per heavy atom. The van der Waals surface area contributed by atoms with Crippen molar-refractivity contribution in [2.45, 2.75) is 26.0 Å². The van der Waals surface area contributed by atoms with Crippen molar-refractivity contribution < 1.29 is 4.74 Å². The number of hydrogen-bond donors (Lipinski definition) is 1. The molecule has 0 saturated carbocycles. The molecule has 0 amide bonds.